The summed E-state index contributed by atoms with van der Waals surface area (Å²) in [6.07, 6.45) is -17.8. The van der Waals surface area contributed by atoms with E-state index in [4.69, 9.17) is 39.4 Å². The predicted octanol–water partition coefficient (Wildman–Crippen LogP) is -2.73. The quantitative estimate of drug-likeness (QED) is 0.0627. The van der Waals surface area contributed by atoms with Crippen molar-refractivity contribution in [2.45, 2.75) is 87.1 Å². The summed E-state index contributed by atoms with van der Waals surface area (Å²) in [5.74, 6) is -10.7. The van der Waals surface area contributed by atoms with Crippen molar-refractivity contribution < 1.29 is 89.2 Å². The Hall–Kier alpha value is -2.68. The molecule has 0 aliphatic carbocycles. The highest BCUT2D eigenvalue weighted by atomic mass is 16.7. The Morgan fingerprint density at radius 3 is 1.02 bits per heavy atom. The Bertz CT molecular complexity index is 803. The molecule has 26 N–H and O–H groups in total. The van der Waals surface area contributed by atoms with E-state index < -0.39 is 110 Å². The largest absolute Gasteiger partial charge is 0.481 e. The van der Waals surface area contributed by atoms with Crippen LogP contribution in [-0.4, -0.2) is 150 Å². The number of aliphatic hydroxyl groups excluding tert-OH is 6. The number of hydrogen-bond donors (Lipinski definition) is 14. The van der Waals surface area contributed by atoms with Crippen molar-refractivity contribution in [1.29, 1.82) is 0 Å². The number of rotatable bonds is 15. The lowest BCUT2D eigenvalue weighted by molar-refractivity contribution is -0.301. The van der Waals surface area contributed by atoms with E-state index in [1.54, 1.807) is 0 Å². The van der Waals surface area contributed by atoms with E-state index in [2.05, 4.69) is 0 Å². The number of aliphatic carboxylic acids is 4. The number of carboxylic acids is 4. The van der Waals surface area contributed by atoms with E-state index in [9.17, 15) is 49.8 Å². The third kappa shape index (κ3) is 11.7. The van der Waals surface area contributed by atoms with Gasteiger partial charge in [-0.1, -0.05) is 0 Å². The van der Waals surface area contributed by atoms with Gasteiger partial charge in [0.05, 0.1) is 12.2 Å². The fraction of sp³-hybridized carbons (Fsp3) is 0.818. The SMILES string of the molecule is O=C(O)C(C[C@H]1O[C@H](OCCCCO[C@H]2O[C@H](CC(C(=O)O)C(=O)O)[C@@H](O)[C@H](O)[C@@H]2O)[C@@H](O)[C@@H](O)[C@@H]1O)C(=O)O.[NH4+].[NH4+].[NH4+].[NH4+]. The first-order chi connectivity index (χ1) is 18.7. The summed E-state index contributed by atoms with van der Waals surface area (Å²) in [5.41, 5.74) is 0. The maximum absolute atomic E-state index is 11.1. The van der Waals surface area contributed by atoms with Crippen LogP contribution in [0.15, 0.2) is 0 Å². The molecule has 262 valence electrons. The molecule has 10 atom stereocenters. The maximum atomic E-state index is 11.1. The molecule has 0 aromatic carbocycles. The lowest BCUT2D eigenvalue weighted by Crippen LogP contribution is -2.59. The standard InChI is InChI=1S/C22H34O18.4H3N/c23-11-9(5-7(17(29)30)18(31)32)39-21(15(27)13(11)25)37-3-1-2-4-38-22-16(28)14(26)12(24)10(40-22)6-8(19(33)34)20(35)36;;;;/h7-16,21-28H,1-6H2,(H,29,30)(H,31,32)(H,33,34)(H,35,36);4*1H3/p+4/t9-,10-,11-,12-,13+,14+,15+,16+,21+,22+;;;;/m1..../s1. The monoisotopic (exact) mass is 658 g/mol. The molecule has 0 amide bonds. The van der Waals surface area contributed by atoms with Crippen LogP contribution in [-0.2, 0) is 38.1 Å². The zero-order chi connectivity index (χ0) is 30.3. The van der Waals surface area contributed by atoms with E-state index in [-0.39, 0.29) is 50.7 Å². The first kappa shape index (κ1) is 45.7. The Morgan fingerprint density at radius 2 is 0.773 bits per heavy atom. The van der Waals surface area contributed by atoms with Gasteiger partial charge in [-0.15, -0.1) is 0 Å². The Labute approximate surface area is 250 Å². The molecule has 0 spiro atoms. The molecule has 2 fully saturated rings. The number of hydrogen-bond acceptors (Lipinski definition) is 14. The van der Waals surface area contributed by atoms with Crippen molar-refractivity contribution >= 4 is 23.9 Å². The van der Waals surface area contributed by atoms with Crippen LogP contribution in [0.3, 0.4) is 0 Å². The van der Waals surface area contributed by atoms with Crippen LogP contribution in [0.1, 0.15) is 25.7 Å². The highest BCUT2D eigenvalue weighted by molar-refractivity contribution is 5.93. The van der Waals surface area contributed by atoms with Crippen LogP contribution in [0.2, 0.25) is 0 Å². The maximum Gasteiger partial charge on any atom is 0.317 e. The normalized spacial score (nSPS) is 31.5. The minimum Gasteiger partial charge on any atom is -0.481 e. The van der Waals surface area contributed by atoms with Crippen molar-refractivity contribution in [3.63, 3.8) is 0 Å². The van der Waals surface area contributed by atoms with Crippen LogP contribution < -0.4 is 24.6 Å². The summed E-state index contributed by atoms with van der Waals surface area (Å²) in [6.45, 7) is -0.280. The predicted molar refractivity (Wildman–Crippen MR) is 145 cm³/mol. The molecule has 0 aromatic heterocycles. The van der Waals surface area contributed by atoms with Gasteiger partial charge in [0.25, 0.3) is 0 Å². The van der Waals surface area contributed by atoms with Crippen LogP contribution in [0.25, 0.3) is 0 Å². The number of carbonyl (C=O) groups is 4. The average Bonchev–Trinajstić information content (AvgIpc) is 2.87. The Balaban J connectivity index is -0.00000420. The van der Waals surface area contributed by atoms with Gasteiger partial charge in [0.1, 0.15) is 36.6 Å². The fourth-order valence-electron chi connectivity index (χ4n) is 4.18. The summed E-state index contributed by atoms with van der Waals surface area (Å²) >= 11 is 0. The highest BCUT2D eigenvalue weighted by Crippen LogP contribution is 2.28. The van der Waals surface area contributed by atoms with Crippen molar-refractivity contribution in [3.8, 4) is 0 Å². The van der Waals surface area contributed by atoms with Gasteiger partial charge in [0.15, 0.2) is 24.4 Å². The first-order valence-corrected chi connectivity index (χ1v) is 12.2. The lowest BCUT2D eigenvalue weighted by atomic mass is 9.91. The van der Waals surface area contributed by atoms with Crippen molar-refractivity contribution in [3.05, 3.63) is 0 Å². The number of quaternary nitrogens is 4. The summed E-state index contributed by atoms with van der Waals surface area (Å²) in [4.78, 5) is 44.6. The van der Waals surface area contributed by atoms with Crippen LogP contribution >= 0.6 is 0 Å². The smallest absolute Gasteiger partial charge is 0.317 e. The molecule has 0 saturated carbocycles. The Kier molecular flexibility index (Phi) is 21.2. The molecule has 2 aliphatic heterocycles. The van der Waals surface area contributed by atoms with Crippen LogP contribution in [0, 0.1) is 11.8 Å². The molecule has 2 aliphatic rings. The van der Waals surface area contributed by atoms with Gasteiger partial charge in [-0.2, -0.15) is 0 Å². The Morgan fingerprint density at radius 1 is 0.500 bits per heavy atom. The summed E-state index contributed by atoms with van der Waals surface area (Å²) in [7, 11) is 0. The number of unbranched alkanes of at least 4 members (excludes halogenated alkanes) is 1. The summed E-state index contributed by atoms with van der Waals surface area (Å²) < 4.78 is 21.3. The number of carboxylic acid groups (broad SMARTS) is 4. The van der Waals surface area contributed by atoms with Gasteiger partial charge in [0, 0.05) is 26.1 Å². The number of aliphatic hydroxyl groups is 6. The second-order valence-corrected chi connectivity index (χ2v) is 9.41. The zero-order valence-electron chi connectivity index (χ0n) is 24.9. The molecule has 22 heteroatoms. The van der Waals surface area contributed by atoms with Crippen molar-refractivity contribution in [2.75, 3.05) is 13.2 Å². The molecule has 0 unspecified atom stereocenters. The van der Waals surface area contributed by atoms with E-state index in [1.165, 1.54) is 0 Å². The van der Waals surface area contributed by atoms with Crippen molar-refractivity contribution in [1.82, 2.24) is 24.6 Å². The summed E-state index contributed by atoms with van der Waals surface area (Å²) in [5, 5.41) is 96.6. The van der Waals surface area contributed by atoms with Gasteiger partial charge in [-0.3, -0.25) is 19.2 Å². The van der Waals surface area contributed by atoms with Gasteiger partial charge >= 0.3 is 23.9 Å². The van der Waals surface area contributed by atoms with Gasteiger partial charge in [0.2, 0.25) is 0 Å². The van der Waals surface area contributed by atoms with Crippen LogP contribution in [0.5, 0.6) is 0 Å². The van der Waals surface area contributed by atoms with E-state index in [0.717, 1.165) is 0 Å². The van der Waals surface area contributed by atoms with Gasteiger partial charge < -0.3 is 94.6 Å². The minimum atomic E-state index is -1.95. The second kappa shape index (κ2) is 20.4. The molecule has 2 rings (SSSR count). The average molecular weight is 659 g/mol. The molecule has 2 saturated heterocycles. The van der Waals surface area contributed by atoms with E-state index >= 15 is 0 Å². The molecular formula is C22H50N4O18+4. The highest BCUT2D eigenvalue weighted by Gasteiger charge is 2.47. The van der Waals surface area contributed by atoms with E-state index in [0.29, 0.717) is 0 Å². The van der Waals surface area contributed by atoms with Gasteiger partial charge in [-0.05, 0) is 12.8 Å². The fourth-order valence-corrected chi connectivity index (χ4v) is 4.18. The molecule has 0 radical (unpaired) electrons. The lowest BCUT2D eigenvalue weighted by Gasteiger charge is -2.41. The van der Waals surface area contributed by atoms with Crippen molar-refractivity contribution in [2.24, 2.45) is 11.8 Å². The molecule has 0 aromatic rings. The third-order valence-electron chi connectivity index (χ3n) is 6.57. The molecule has 0 bridgehead atoms. The van der Waals surface area contributed by atoms with E-state index in [1.807, 2.05) is 0 Å². The van der Waals surface area contributed by atoms with Gasteiger partial charge in [-0.25, -0.2) is 0 Å². The molecule has 2 heterocycles. The third-order valence-corrected chi connectivity index (χ3v) is 6.57. The first-order valence-electron chi connectivity index (χ1n) is 12.2. The number of ether oxygens (including phenoxy) is 4. The topological polar surface area (TPSA) is 454 Å². The zero-order valence-corrected chi connectivity index (χ0v) is 24.9. The second-order valence-electron chi connectivity index (χ2n) is 9.41. The molecular weight excluding hydrogens is 608 g/mol. The minimum absolute atomic E-state index is 0. The summed E-state index contributed by atoms with van der Waals surface area (Å²) in [6, 6.07) is 0. The molecule has 44 heavy (non-hydrogen) atoms. The molecule has 22 nitrogen and oxygen atoms in total. The van der Waals surface area contributed by atoms with Crippen LogP contribution in [0.4, 0.5) is 0 Å².